The van der Waals surface area contributed by atoms with E-state index in [1.807, 2.05) is 13.0 Å². The number of furan rings is 1. The molecule has 1 aliphatic rings. The zero-order chi connectivity index (χ0) is 9.47. The molecule has 1 aromatic heterocycles. The lowest BCUT2D eigenvalue weighted by Crippen LogP contribution is -2.56. The summed E-state index contributed by atoms with van der Waals surface area (Å²) in [5.74, 6) is 0.800. The molecule has 13 heavy (non-hydrogen) atoms. The lowest BCUT2D eigenvalue weighted by atomic mass is 9.89. The summed E-state index contributed by atoms with van der Waals surface area (Å²) in [5, 5.41) is 9.85. The van der Waals surface area contributed by atoms with Gasteiger partial charge in [-0.15, -0.1) is 0 Å². The topological polar surface area (TPSA) is 68.6 Å². The highest BCUT2D eigenvalue weighted by Crippen LogP contribution is 2.30. The molecule has 3 N–H and O–H groups in total. The van der Waals surface area contributed by atoms with E-state index in [0.717, 1.165) is 11.3 Å². The zero-order valence-electron chi connectivity index (χ0n) is 7.49. The van der Waals surface area contributed by atoms with Crippen LogP contribution in [-0.2, 0) is 4.74 Å². The molecule has 0 spiro atoms. The fourth-order valence-electron chi connectivity index (χ4n) is 1.43. The molecule has 0 amide bonds. The van der Waals surface area contributed by atoms with Crippen LogP contribution < -0.4 is 5.73 Å². The monoisotopic (exact) mass is 183 g/mol. The highest BCUT2D eigenvalue weighted by molar-refractivity contribution is 5.20. The maximum atomic E-state index is 9.85. The molecule has 1 aliphatic heterocycles. The van der Waals surface area contributed by atoms with Gasteiger partial charge in [0.15, 0.2) is 0 Å². The van der Waals surface area contributed by atoms with Crippen molar-refractivity contribution in [2.45, 2.75) is 18.6 Å². The average molecular weight is 183 g/mol. The maximum Gasteiger partial charge on any atom is 0.130 e. The lowest BCUT2D eigenvalue weighted by Gasteiger charge is -2.40. The van der Waals surface area contributed by atoms with Crippen molar-refractivity contribution < 1.29 is 14.3 Å². The van der Waals surface area contributed by atoms with Crippen molar-refractivity contribution in [3.63, 3.8) is 0 Å². The fraction of sp³-hybridized carbons (Fsp3) is 0.556. The maximum absolute atomic E-state index is 9.85. The summed E-state index contributed by atoms with van der Waals surface area (Å²) >= 11 is 0. The summed E-state index contributed by atoms with van der Waals surface area (Å²) in [5.41, 5.74) is 5.77. The molecule has 0 aliphatic carbocycles. The van der Waals surface area contributed by atoms with Crippen molar-refractivity contribution in [2.24, 2.45) is 5.73 Å². The first kappa shape index (κ1) is 8.74. The largest absolute Gasteiger partial charge is 0.469 e. The molecular formula is C9H13NO3. The quantitative estimate of drug-likeness (QED) is 0.694. The van der Waals surface area contributed by atoms with Crippen molar-refractivity contribution in [3.05, 3.63) is 23.7 Å². The Morgan fingerprint density at radius 1 is 1.62 bits per heavy atom. The molecule has 1 atom stereocenters. The molecule has 0 saturated carbocycles. The molecular weight excluding hydrogens is 170 g/mol. The Balaban J connectivity index is 2.17. The minimum Gasteiger partial charge on any atom is -0.469 e. The van der Waals surface area contributed by atoms with Crippen LogP contribution in [0.5, 0.6) is 0 Å². The summed E-state index contributed by atoms with van der Waals surface area (Å²) < 4.78 is 10.0. The van der Waals surface area contributed by atoms with Gasteiger partial charge in [0.25, 0.3) is 0 Å². The van der Waals surface area contributed by atoms with E-state index in [2.05, 4.69) is 0 Å². The van der Waals surface area contributed by atoms with E-state index in [0.29, 0.717) is 13.2 Å². The molecule has 2 heterocycles. The van der Waals surface area contributed by atoms with E-state index < -0.39 is 11.6 Å². The van der Waals surface area contributed by atoms with E-state index in [1.54, 1.807) is 6.26 Å². The van der Waals surface area contributed by atoms with Crippen LogP contribution in [0.3, 0.4) is 0 Å². The first-order valence-electron chi connectivity index (χ1n) is 4.22. The predicted octanol–water partition coefficient (Wildman–Crippen LogP) is 0.349. The molecule has 1 aromatic rings. The first-order valence-corrected chi connectivity index (χ1v) is 4.22. The van der Waals surface area contributed by atoms with Crippen LogP contribution in [-0.4, -0.2) is 23.9 Å². The van der Waals surface area contributed by atoms with E-state index in [9.17, 15) is 5.11 Å². The molecule has 1 unspecified atom stereocenters. The molecule has 0 aromatic carbocycles. The minimum absolute atomic E-state index is 0.304. The van der Waals surface area contributed by atoms with Gasteiger partial charge in [0, 0.05) is 5.56 Å². The van der Waals surface area contributed by atoms with Gasteiger partial charge in [-0.25, -0.2) is 0 Å². The summed E-state index contributed by atoms with van der Waals surface area (Å²) in [6.45, 7) is 2.45. The normalized spacial score (nSPS) is 22.4. The van der Waals surface area contributed by atoms with Gasteiger partial charge >= 0.3 is 0 Å². The summed E-state index contributed by atoms with van der Waals surface area (Å²) in [6, 6.07) is 1.42. The number of hydrogen-bond acceptors (Lipinski definition) is 4. The third-order valence-corrected chi connectivity index (χ3v) is 2.39. The number of ether oxygens (including phenoxy) is 1. The molecule has 72 valence electrons. The van der Waals surface area contributed by atoms with Crippen LogP contribution in [0.1, 0.15) is 17.4 Å². The zero-order valence-corrected chi connectivity index (χ0v) is 7.49. The fourth-order valence-corrected chi connectivity index (χ4v) is 1.43. The highest BCUT2D eigenvalue weighted by Gasteiger charge is 2.43. The second-order valence-corrected chi connectivity index (χ2v) is 3.56. The minimum atomic E-state index is -0.906. The van der Waals surface area contributed by atoms with Gasteiger partial charge in [-0.1, -0.05) is 0 Å². The third-order valence-electron chi connectivity index (χ3n) is 2.39. The van der Waals surface area contributed by atoms with Crippen LogP contribution in [0.4, 0.5) is 0 Å². The van der Waals surface area contributed by atoms with Crippen LogP contribution in [0.2, 0.25) is 0 Å². The van der Waals surface area contributed by atoms with Gasteiger partial charge in [0.1, 0.15) is 11.4 Å². The van der Waals surface area contributed by atoms with Gasteiger partial charge in [0.2, 0.25) is 0 Å². The van der Waals surface area contributed by atoms with E-state index in [-0.39, 0.29) is 0 Å². The standard InChI is InChI=1S/C9H13NO3/c1-6-2-7(3-13-6)8(10)9(11)4-12-5-9/h2-3,8,11H,4-5,10H2,1H3. The first-order chi connectivity index (χ1) is 6.12. The van der Waals surface area contributed by atoms with Gasteiger partial charge in [-0.2, -0.15) is 0 Å². The van der Waals surface area contributed by atoms with Crippen LogP contribution in [0.15, 0.2) is 16.7 Å². The van der Waals surface area contributed by atoms with E-state index in [1.165, 1.54) is 0 Å². The second kappa shape index (κ2) is 2.83. The Morgan fingerprint density at radius 3 is 2.69 bits per heavy atom. The van der Waals surface area contributed by atoms with Gasteiger partial charge in [-0.3, -0.25) is 0 Å². The lowest BCUT2D eigenvalue weighted by molar-refractivity contribution is -0.190. The van der Waals surface area contributed by atoms with Crippen molar-refractivity contribution in [2.75, 3.05) is 13.2 Å². The number of rotatable bonds is 2. The summed E-state index contributed by atoms with van der Waals surface area (Å²) in [7, 11) is 0. The smallest absolute Gasteiger partial charge is 0.130 e. The van der Waals surface area contributed by atoms with E-state index in [4.69, 9.17) is 14.9 Å². The number of hydrogen-bond donors (Lipinski definition) is 2. The van der Waals surface area contributed by atoms with Crippen molar-refractivity contribution in [3.8, 4) is 0 Å². The molecule has 4 heteroatoms. The molecule has 1 saturated heterocycles. The Bertz CT molecular complexity index is 304. The van der Waals surface area contributed by atoms with Crippen molar-refractivity contribution in [1.82, 2.24) is 0 Å². The van der Waals surface area contributed by atoms with Crippen molar-refractivity contribution >= 4 is 0 Å². The van der Waals surface area contributed by atoms with Gasteiger partial charge in [0.05, 0.1) is 25.5 Å². The Labute approximate surface area is 76.3 Å². The van der Waals surface area contributed by atoms with Crippen LogP contribution >= 0.6 is 0 Å². The van der Waals surface area contributed by atoms with E-state index >= 15 is 0 Å². The Kier molecular flexibility index (Phi) is 1.91. The number of aryl methyl sites for hydroxylation is 1. The summed E-state index contributed by atoms with van der Waals surface area (Å²) in [6.07, 6.45) is 1.58. The van der Waals surface area contributed by atoms with Crippen LogP contribution in [0, 0.1) is 6.92 Å². The molecule has 1 fully saturated rings. The van der Waals surface area contributed by atoms with Crippen molar-refractivity contribution in [1.29, 1.82) is 0 Å². The molecule has 4 nitrogen and oxygen atoms in total. The molecule has 0 radical (unpaired) electrons. The Hall–Kier alpha value is -0.840. The van der Waals surface area contributed by atoms with Gasteiger partial charge < -0.3 is 20.0 Å². The summed E-state index contributed by atoms with van der Waals surface area (Å²) in [4.78, 5) is 0. The average Bonchev–Trinajstić information content (AvgIpc) is 2.46. The Morgan fingerprint density at radius 2 is 2.31 bits per heavy atom. The third kappa shape index (κ3) is 1.37. The second-order valence-electron chi connectivity index (χ2n) is 3.56. The van der Waals surface area contributed by atoms with Gasteiger partial charge in [-0.05, 0) is 13.0 Å². The predicted molar refractivity (Wildman–Crippen MR) is 46.1 cm³/mol. The SMILES string of the molecule is Cc1cc(C(N)C2(O)COC2)co1. The molecule has 2 rings (SSSR count). The number of aliphatic hydroxyl groups is 1. The molecule has 0 bridgehead atoms. The van der Waals surface area contributed by atoms with Crippen LogP contribution in [0.25, 0.3) is 0 Å². The highest BCUT2D eigenvalue weighted by atomic mass is 16.5. The number of nitrogens with two attached hydrogens (primary N) is 1.